The number of hydrogen-bond donors (Lipinski definition) is 2. The van der Waals surface area contributed by atoms with Gasteiger partial charge in [0.05, 0.1) is 32.5 Å². The van der Waals surface area contributed by atoms with Crippen molar-refractivity contribution < 1.29 is 28.6 Å². The quantitative estimate of drug-likeness (QED) is 0.213. The highest BCUT2D eigenvalue weighted by Gasteiger charge is 2.13. The third-order valence-electron chi connectivity index (χ3n) is 4.92. The zero-order valence-corrected chi connectivity index (χ0v) is 19.5. The zero-order valence-electron chi connectivity index (χ0n) is 19.5. The van der Waals surface area contributed by atoms with E-state index in [1.807, 2.05) is 19.1 Å². The molecule has 9 heteroatoms. The number of hydrazone groups is 1. The number of methoxy groups -OCH3 is 2. The largest absolute Gasteiger partial charge is 0.497 e. The van der Waals surface area contributed by atoms with E-state index >= 15 is 0 Å². The number of rotatable bonds is 9. The van der Waals surface area contributed by atoms with Gasteiger partial charge in [-0.3, -0.25) is 9.59 Å². The first-order chi connectivity index (χ1) is 16.9. The molecular formula is C26H25N3O6. The summed E-state index contributed by atoms with van der Waals surface area (Å²) in [5.74, 6) is -0.205. The van der Waals surface area contributed by atoms with Crippen molar-refractivity contribution >= 4 is 24.0 Å². The second-order valence-electron chi connectivity index (χ2n) is 7.32. The molecule has 0 unspecified atom stereocenters. The summed E-state index contributed by atoms with van der Waals surface area (Å²) in [5.41, 5.74) is 4.62. The molecule has 0 radical (unpaired) electrons. The van der Waals surface area contributed by atoms with Gasteiger partial charge < -0.3 is 19.5 Å². The van der Waals surface area contributed by atoms with Gasteiger partial charge in [0.25, 0.3) is 11.8 Å². The maximum atomic E-state index is 12.4. The Morgan fingerprint density at radius 3 is 2.34 bits per heavy atom. The summed E-state index contributed by atoms with van der Waals surface area (Å²) in [4.78, 5) is 36.6. The van der Waals surface area contributed by atoms with E-state index in [1.165, 1.54) is 13.3 Å². The van der Waals surface area contributed by atoms with Crippen molar-refractivity contribution in [3.8, 4) is 17.2 Å². The molecule has 3 aromatic rings. The summed E-state index contributed by atoms with van der Waals surface area (Å²) in [6, 6.07) is 18.4. The van der Waals surface area contributed by atoms with Crippen LogP contribution in [0, 0.1) is 6.92 Å². The Balaban J connectivity index is 1.54. The van der Waals surface area contributed by atoms with E-state index in [2.05, 4.69) is 15.8 Å². The molecule has 0 fully saturated rings. The van der Waals surface area contributed by atoms with E-state index in [-0.39, 0.29) is 18.2 Å². The number of esters is 1. The second kappa shape index (κ2) is 12.0. The molecule has 3 rings (SSSR count). The van der Waals surface area contributed by atoms with Gasteiger partial charge in [0.2, 0.25) is 0 Å². The highest BCUT2D eigenvalue weighted by Crippen LogP contribution is 2.28. The predicted molar refractivity (Wildman–Crippen MR) is 130 cm³/mol. The summed E-state index contributed by atoms with van der Waals surface area (Å²) >= 11 is 0. The van der Waals surface area contributed by atoms with Gasteiger partial charge in [-0.1, -0.05) is 18.2 Å². The number of ether oxygens (including phenoxy) is 3. The third kappa shape index (κ3) is 6.91. The van der Waals surface area contributed by atoms with Crippen LogP contribution in [0.15, 0.2) is 71.8 Å². The molecule has 0 heterocycles. The van der Waals surface area contributed by atoms with Crippen molar-refractivity contribution in [3.05, 3.63) is 89.0 Å². The van der Waals surface area contributed by atoms with Crippen LogP contribution in [0.3, 0.4) is 0 Å². The van der Waals surface area contributed by atoms with Crippen LogP contribution in [0.4, 0.5) is 0 Å². The fourth-order valence-electron chi connectivity index (χ4n) is 3.04. The SMILES string of the molecule is COc1ccc(C(=O)Oc2ccc(/C=N\NC(=O)CNC(=O)c3ccccc3C)cc2OC)cc1. The van der Waals surface area contributed by atoms with E-state index in [0.29, 0.717) is 28.2 Å². The van der Waals surface area contributed by atoms with Crippen LogP contribution in [-0.2, 0) is 4.79 Å². The zero-order chi connectivity index (χ0) is 25.2. The molecule has 0 aromatic heterocycles. The van der Waals surface area contributed by atoms with Gasteiger partial charge in [0.1, 0.15) is 5.75 Å². The van der Waals surface area contributed by atoms with Crippen molar-refractivity contribution in [3.63, 3.8) is 0 Å². The summed E-state index contributed by atoms with van der Waals surface area (Å²) in [6.07, 6.45) is 1.40. The normalized spacial score (nSPS) is 10.5. The summed E-state index contributed by atoms with van der Waals surface area (Å²) in [5, 5.41) is 6.44. The second-order valence-corrected chi connectivity index (χ2v) is 7.32. The van der Waals surface area contributed by atoms with Crippen molar-refractivity contribution in [2.45, 2.75) is 6.92 Å². The standard InChI is InChI=1S/C26H25N3O6/c1-17-6-4-5-7-21(17)25(31)27-16-24(30)29-28-15-18-8-13-22(23(14-18)34-3)35-26(32)19-9-11-20(33-2)12-10-19/h4-15H,16H2,1-3H3,(H,27,31)(H,29,30)/b28-15-. The smallest absolute Gasteiger partial charge is 0.343 e. The topological polar surface area (TPSA) is 115 Å². The highest BCUT2D eigenvalue weighted by molar-refractivity contribution is 5.97. The number of nitrogens with one attached hydrogen (secondary N) is 2. The van der Waals surface area contributed by atoms with E-state index < -0.39 is 11.9 Å². The van der Waals surface area contributed by atoms with Gasteiger partial charge in [0.15, 0.2) is 11.5 Å². The van der Waals surface area contributed by atoms with Crippen molar-refractivity contribution in [1.29, 1.82) is 0 Å². The fraction of sp³-hybridized carbons (Fsp3) is 0.154. The van der Waals surface area contributed by atoms with Crippen molar-refractivity contribution in [2.75, 3.05) is 20.8 Å². The first kappa shape index (κ1) is 25.0. The number of carbonyl (C=O) groups excluding carboxylic acids is 3. The maximum Gasteiger partial charge on any atom is 0.343 e. The Morgan fingerprint density at radius 2 is 1.66 bits per heavy atom. The molecule has 0 atom stereocenters. The van der Waals surface area contributed by atoms with Gasteiger partial charge in [-0.15, -0.1) is 0 Å². The molecule has 0 saturated carbocycles. The van der Waals surface area contributed by atoms with Crippen LogP contribution < -0.4 is 25.0 Å². The van der Waals surface area contributed by atoms with E-state index in [0.717, 1.165) is 5.56 Å². The first-order valence-corrected chi connectivity index (χ1v) is 10.6. The summed E-state index contributed by atoms with van der Waals surface area (Å²) in [6.45, 7) is 1.59. The number of aryl methyl sites for hydroxylation is 1. The molecule has 0 saturated heterocycles. The lowest BCUT2D eigenvalue weighted by molar-refractivity contribution is -0.120. The van der Waals surface area contributed by atoms with Crippen molar-refractivity contribution in [2.24, 2.45) is 5.10 Å². The lowest BCUT2D eigenvalue weighted by Crippen LogP contribution is -2.35. The molecular weight excluding hydrogens is 450 g/mol. The lowest BCUT2D eigenvalue weighted by atomic mass is 10.1. The Kier molecular flexibility index (Phi) is 8.55. The Labute approximate surface area is 202 Å². The van der Waals surface area contributed by atoms with Crippen LogP contribution >= 0.6 is 0 Å². The highest BCUT2D eigenvalue weighted by atomic mass is 16.6. The van der Waals surface area contributed by atoms with Gasteiger partial charge >= 0.3 is 5.97 Å². The summed E-state index contributed by atoms with van der Waals surface area (Å²) in [7, 11) is 2.99. The number of hydrogen-bond acceptors (Lipinski definition) is 7. The number of amides is 2. The minimum atomic E-state index is -0.549. The Hall–Kier alpha value is -4.66. The molecule has 0 spiro atoms. The molecule has 0 aliphatic rings. The average Bonchev–Trinajstić information content (AvgIpc) is 2.88. The van der Waals surface area contributed by atoms with Gasteiger partial charge in [-0.05, 0) is 66.6 Å². The van der Waals surface area contributed by atoms with Crippen LogP contribution in [-0.4, -0.2) is 44.8 Å². The minimum absolute atomic E-state index is 0.228. The number of benzene rings is 3. The fourth-order valence-corrected chi connectivity index (χ4v) is 3.04. The number of nitrogens with zero attached hydrogens (tertiary/aromatic N) is 1. The third-order valence-corrected chi connectivity index (χ3v) is 4.92. The van der Waals surface area contributed by atoms with Crippen molar-refractivity contribution in [1.82, 2.24) is 10.7 Å². The predicted octanol–water partition coefficient (Wildman–Crippen LogP) is 3.11. The van der Waals surface area contributed by atoms with E-state index in [9.17, 15) is 14.4 Å². The van der Waals surface area contributed by atoms with Crippen LogP contribution in [0.1, 0.15) is 31.8 Å². The Bertz CT molecular complexity index is 1240. The van der Waals surface area contributed by atoms with Crippen LogP contribution in [0.2, 0.25) is 0 Å². The molecule has 2 amide bonds. The molecule has 3 aromatic carbocycles. The molecule has 0 bridgehead atoms. The monoisotopic (exact) mass is 475 g/mol. The summed E-state index contributed by atoms with van der Waals surface area (Å²) < 4.78 is 15.8. The molecule has 180 valence electrons. The molecule has 35 heavy (non-hydrogen) atoms. The molecule has 0 aliphatic heterocycles. The van der Waals surface area contributed by atoms with Gasteiger partial charge in [-0.2, -0.15) is 5.10 Å². The first-order valence-electron chi connectivity index (χ1n) is 10.6. The average molecular weight is 476 g/mol. The van der Waals surface area contributed by atoms with E-state index in [1.54, 1.807) is 61.7 Å². The van der Waals surface area contributed by atoms with Crippen LogP contribution in [0.5, 0.6) is 17.2 Å². The molecule has 2 N–H and O–H groups in total. The molecule has 9 nitrogen and oxygen atoms in total. The lowest BCUT2D eigenvalue weighted by Gasteiger charge is -2.10. The van der Waals surface area contributed by atoms with E-state index in [4.69, 9.17) is 14.2 Å². The van der Waals surface area contributed by atoms with Gasteiger partial charge in [-0.25, -0.2) is 10.2 Å². The number of carbonyl (C=O) groups is 3. The van der Waals surface area contributed by atoms with Gasteiger partial charge in [0, 0.05) is 5.56 Å². The minimum Gasteiger partial charge on any atom is -0.497 e. The maximum absolute atomic E-state index is 12.4. The van der Waals surface area contributed by atoms with Crippen LogP contribution in [0.25, 0.3) is 0 Å². The molecule has 0 aliphatic carbocycles. The Morgan fingerprint density at radius 1 is 0.914 bits per heavy atom.